The van der Waals surface area contributed by atoms with Crippen molar-refractivity contribution in [2.24, 2.45) is 0 Å². The van der Waals surface area contributed by atoms with Crippen LogP contribution in [0.5, 0.6) is 0 Å². The molecule has 0 atom stereocenters. The molecule has 0 saturated heterocycles. The zero-order valence-electron chi connectivity index (χ0n) is 16.1. The maximum absolute atomic E-state index is 12.7. The average molecular weight is 417 g/mol. The molecule has 148 valence electrons. The Balaban J connectivity index is 1.59. The minimum absolute atomic E-state index is 0.158. The molecule has 7 heteroatoms. The lowest BCUT2D eigenvalue weighted by molar-refractivity contribution is 0.102. The van der Waals surface area contributed by atoms with Crippen molar-refractivity contribution in [2.75, 3.05) is 5.32 Å². The number of halogens is 1. The summed E-state index contributed by atoms with van der Waals surface area (Å²) in [4.78, 5) is 16.9. The first-order chi connectivity index (χ1) is 14.5. The van der Waals surface area contributed by atoms with Gasteiger partial charge in [0.25, 0.3) is 5.91 Å². The van der Waals surface area contributed by atoms with Gasteiger partial charge in [-0.3, -0.25) is 4.79 Å². The molecule has 0 spiro atoms. The number of aryl methyl sites for hydroxylation is 1. The van der Waals surface area contributed by atoms with E-state index in [4.69, 9.17) is 11.6 Å². The average Bonchev–Trinajstić information content (AvgIpc) is 3.16. The number of fused-ring (bicyclic) bond motifs is 1. The predicted molar refractivity (Wildman–Crippen MR) is 115 cm³/mol. The molecule has 1 amide bonds. The van der Waals surface area contributed by atoms with Crippen molar-refractivity contribution in [3.63, 3.8) is 0 Å². The second-order valence-electron chi connectivity index (χ2n) is 6.64. The number of aromatic nitrogens is 3. The monoisotopic (exact) mass is 416 g/mol. The molecule has 0 radical (unpaired) electrons. The highest BCUT2D eigenvalue weighted by Crippen LogP contribution is 2.22. The summed E-state index contributed by atoms with van der Waals surface area (Å²) in [6.07, 6.45) is 3.34. The third-order valence-electron chi connectivity index (χ3n) is 4.58. The Bertz CT molecular complexity index is 1320. The number of benzene rings is 2. The third-order valence-corrected chi connectivity index (χ3v) is 4.94. The number of amides is 1. The van der Waals surface area contributed by atoms with Crippen LogP contribution in [0.1, 0.15) is 32.7 Å². The Morgan fingerprint density at radius 2 is 2.07 bits per heavy atom. The van der Waals surface area contributed by atoms with Gasteiger partial charge in [-0.15, -0.1) is 0 Å². The smallest absolute Gasteiger partial charge is 0.255 e. The van der Waals surface area contributed by atoms with Crippen molar-refractivity contribution in [1.82, 2.24) is 14.6 Å². The fourth-order valence-electron chi connectivity index (χ4n) is 2.90. The minimum Gasteiger partial charge on any atom is -0.392 e. The number of aliphatic hydroxyl groups is 1. The summed E-state index contributed by atoms with van der Waals surface area (Å²) in [7, 11) is 0. The van der Waals surface area contributed by atoms with E-state index in [0.29, 0.717) is 27.5 Å². The first-order valence-electron chi connectivity index (χ1n) is 9.17. The molecule has 0 bridgehead atoms. The van der Waals surface area contributed by atoms with E-state index in [1.807, 2.05) is 25.1 Å². The lowest BCUT2D eigenvalue weighted by Gasteiger charge is -2.09. The highest BCUT2D eigenvalue weighted by molar-refractivity contribution is 6.31. The van der Waals surface area contributed by atoms with E-state index in [2.05, 4.69) is 27.2 Å². The first kappa shape index (κ1) is 19.6. The van der Waals surface area contributed by atoms with E-state index in [-0.39, 0.29) is 12.5 Å². The van der Waals surface area contributed by atoms with Crippen molar-refractivity contribution in [3.05, 3.63) is 93.9 Å². The van der Waals surface area contributed by atoms with Gasteiger partial charge in [-0.1, -0.05) is 29.7 Å². The molecule has 0 unspecified atom stereocenters. The molecule has 2 N–H and O–H groups in total. The van der Waals surface area contributed by atoms with Crippen LogP contribution in [0, 0.1) is 18.8 Å². The van der Waals surface area contributed by atoms with Crippen LogP contribution in [0.25, 0.3) is 5.65 Å². The van der Waals surface area contributed by atoms with Gasteiger partial charge in [-0.05, 0) is 60.4 Å². The summed E-state index contributed by atoms with van der Waals surface area (Å²) in [6.45, 7) is 1.78. The van der Waals surface area contributed by atoms with Gasteiger partial charge in [0.05, 0.1) is 12.8 Å². The number of carbonyl (C=O) groups is 1. The largest absolute Gasteiger partial charge is 0.392 e. The number of imidazole rings is 1. The van der Waals surface area contributed by atoms with Gasteiger partial charge in [0.2, 0.25) is 0 Å². The Labute approximate surface area is 178 Å². The highest BCUT2D eigenvalue weighted by Gasteiger charge is 2.10. The number of anilines is 1. The predicted octanol–water partition coefficient (Wildman–Crippen LogP) is 3.84. The minimum atomic E-state index is -0.276. The van der Waals surface area contributed by atoms with Crippen LogP contribution in [0.4, 0.5) is 5.69 Å². The number of rotatable bonds is 3. The van der Waals surface area contributed by atoms with Gasteiger partial charge in [0.1, 0.15) is 5.69 Å². The van der Waals surface area contributed by atoms with Gasteiger partial charge in [-0.2, -0.15) is 5.10 Å². The van der Waals surface area contributed by atoms with Gasteiger partial charge in [0, 0.05) is 28.0 Å². The van der Waals surface area contributed by atoms with E-state index < -0.39 is 0 Å². The number of aliphatic hydroxyl groups excluding tert-OH is 1. The summed E-state index contributed by atoms with van der Waals surface area (Å²) < 4.78 is 1.67. The van der Waals surface area contributed by atoms with Crippen LogP contribution in [0.15, 0.2) is 60.9 Å². The van der Waals surface area contributed by atoms with Crippen LogP contribution >= 0.6 is 11.6 Å². The van der Waals surface area contributed by atoms with Crippen LogP contribution in [0.3, 0.4) is 0 Å². The molecule has 0 aliphatic rings. The molecule has 4 aromatic rings. The molecule has 2 heterocycles. The molecule has 30 heavy (non-hydrogen) atoms. The fourth-order valence-corrected chi connectivity index (χ4v) is 3.14. The summed E-state index contributed by atoms with van der Waals surface area (Å²) in [5, 5.41) is 16.7. The van der Waals surface area contributed by atoms with Crippen LogP contribution in [-0.4, -0.2) is 25.6 Å². The Morgan fingerprint density at radius 3 is 2.87 bits per heavy atom. The summed E-state index contributed by atoms with van der Waals surface area (Å²) >= 11 is 6.09. The van der Waals surface area contributed by atoms with E-state index >= 15 is 0 Å². The number of carbonyl (C=O) groups excluding carboxylic acids is 1. The Hall–Kier alpha value is -3.66. The van der Waals surface area contributed by atoms with Crippen molar-refractivity contribution in [2.45, 2.75) is 13.5 Å². The lowest BCUT2D eigenvalue weighted by Crippen LogP contribution is -2.12. The number of hydrogen-bond donors (Lipinski definition) is 2. The number of nitrogens with one attached hydrogen (secondary N) is 1. The fraction of sp³-hybridized carbons (Fsp3) is 0.0870. The second-order valence-corrected chi connectivity index (χ2v) is 7.04. The molecule has 4 rings (SSSR count). The summed E-state index contributed by atoms with van der Waals surface area (Å²) in [6, 6.07) is 14.0. The highest BCUT2D eigenvalue weighted by atomic mass is 35.5. The second kappa shape index (κ2) is 8.37. The third kappa shape index (κ3) is 4.03. The van der Waals surface area contributed by atoms with Crippen LogP contribution < -0.4 is 5.32 Å². The van der Waals surface area contributed by atoms with Crippen LogP contribution in [-0.2, 0) is 6.61 Å². The molecular formula is C23H17ClN4O2. The number of nitrogens with zero attached hydrogens (tertiary/aromatic N) is 3. The maximum Gasteiger partial charge on any atom is 0.255 e. The first-order valence-corrected chi connectivity index (χ1v) is 9.55. The van der Waals surface area contributed by atoms with E-state index in [1.54, 1.807) is 47.2 Å². The van der Waals surface area contributed by atoms with Gasteiger partial charge < -0.3 is 10.4 Å². The molecular weight excluding hydrogens is 400 g/mol. The van der Waals surface area contributed by atoms with Crippen LogP contribution in [0.2, 0.25) is 5.02 Å². The molecule has 2 aromatic heterocycles. The Morgan fingerprint density at radius 1 is 1.20 bits per heavy atom. The van der Waals surface area contributed by atoms with E-state index in [0.717, 1.165) is 16.8 Å². The Kier molecular flexibility index (Phi) is 5.48. The van der Waals surface area contributed by atoms with Crippen molar-refractivity contribution in [3.8, 4) is 11.8 Å². The normalized spacial score (nSPS) is 10.5. The number of hydrogen-bond acceptors (Lipinski definition) is 4. The van der Waals surface area contributed by atoms with Gasteiger partial charge in [-0.25, -0.2) is 9.50 Å². The molecule has 0 saturated carbocycles. The maximum atomic E-state index is 12.7. The standard InChI is InChI=1S/C23H17ClN4O2/c1-15-4-5-17(23(30)27-19-8-6-18(14-29)21(24)12-19)11-16(15)7-9-20-13-25-22-3-2-10-26-28(20)22/h2-6,8,10-13,29H,14H2,1H3,(H,27,30). The topological polar surface area (TPSA) is 79.5 Å². The lowest BCUT2D eigenvalue weighted by atomic mass is 10.0. The molecule has 2 aromatic carbocycles. The molecule has 0 fully saturated rings. The quantitative estimate of drug-likeness (QED) is 0.497. The van der Waals surface area contributed by atoms with Crippen molar-refractivity contribution < 1.29 is 9.90 Å². The van der Waals surface area contributed by atoms with Gasteiger partial charge >= 0.3 is 0 Å². The van der Waals surface area contributed by atoms with Crippen molar-refractivity contribution in [1.29, 1.82) is 0 Å². The summed E-state index contributed by atoms with van der Waals surface area (Å²) in [5.41, 5.74) is 4.70. The zero-order chi connectivity index (χ0) is 21.1. The summed E-state index contributed by atoms with van der Waals surface area (Å²) in [5.74, 6) is 5.91. The SMILES string of the molecule is Cc1ccc(C(=O)Nc2ccc(CO)c(Cl)c2)cc1C#Cc1cnc2cccnn12. The zero-order valence-corrected chi connectivity index (χ0v) is 16.8. The van der Waals surface area contributed by atoms with Gasteiger partial charge in [0.15, 0.2) is 5.65 Å². The van der Waals surface area contributed by atoms with E-state index in [1.165, 1.54) is 0 Å². The van der Waals surface area contributed by atoms with E-state index in [9.17, 15) is 9.90 Å². The molecule has 0 aliphatic heterocycles. The van der Waals surface area contributed by atoms with Crippen molar-refractivity contribution >= 4 is 28.8 Å². The molecule has 0 aliphatic carbocycles. The molecule has 6 nitrogen and oxygen atoms in total.